The van der Waals surface area contributed by atoms with Crippen molar-refractivity contribution < 1.29 is 19.2 Å². The van der Waals surface area contributed by atoms with Gasteiger partial charge in [0, 0.05) is 18.1 Å². The van der Waals surface area contributed by atoms with Gasteiger partial charge in [-0.1, -0.05) is 23.2 Å². The maximum atomic E-state index is 12.0. The molecule has 0 radical (unpaired) electrons. The van der Waals surface area contributed by atoms with Crippen molar-refractivity contribution in [3.05, 3.63) is 62.1 Å². The summed E-state index contributed by atoms with van der Waals surface area (Å²) in [7, 11) is 1.52. The molecule has 2 N–H and O–H groups in total. The predicted octanol–water partition coefficient (Wildman–Crippen LogP) is 3.74. The Kier molecular flexibility index (Phi) is 6.37. The summed E-state index contributed by atoms with van der Waals surface area (Å²) in [6.07, 6.45) is 0. The molecular weight excluding hydrogens is 385 g/mol. The zero-order valence-electron chi connectivity index (χ0n) is 13.4. The highest BCUT2D eigenvalue weighted by atomic mass is 35.5. The molecule has 0 spiro atoms. The van der Waals surface area contributed by atoms with Crippen LogP contribution in [0.5, 0.6) is 0 Å². The third-order valence-electron chi connectivity index (χ3n) is 3.24. The zero-order chi connectivity index (χ0) is 19.3. The van der Waals surface area contributed by atoms with Gasteiger partial charge in [-0.2, -0.15) is 0 Å². The molecule has 2 aromatic carbocycles. The summed E-state index contributed by atoms with van der Waals surface area (Å²) in [5, 5.41) is 16.8. The van der Waals surface area contributed by atoms with Crippen LogP contribution in [0.15, 0.2) is 36.4 Å². The van der Waals surface area contributed by atoms with Gasteiger partial charge in [0.2, 0.25) is 0 Å². The lowest BCUT2D eigenvalue weighted by Crippen LogP contribution is -2.21. The predicted molar refractivity (Wildman–Crippen MR) is 98.0 cm³/mol. The first-order valence-corrected chi connectivity index (χ1v) is 7.95. The molecule has 2 rings (SSSR count). The Morgan fingerprint density at radius 2 is 1.85 bits per heavy atom. The number of hydrogen-bond acceptors (Lipinski definition) is 6. The Bertz CT molecular complexity index is 873. The lowest BCUT2D eigenvalue weighted by molar-refractivity contribution is -0.384. The fourth-order valence-corrected chi connectivity index (χ4v) is 2.47. The molecule has 0 aliphatic rings. The van der Waals surface area contributed by atoms with Crippen LogP contribution in [0.3, 0.4) is 0 Å². The number of carbonyl (C=O) groups is 2. The molecule has 0 aromatic heterocycles. The Morgan fingerprint density at radius 3 is 2.46 bits per heavy atom. The first-order chi connectivity index (χ1) is 12.3. The summed E-state index contributed by atoms with van der Waals surface area (Å²) < 4.78 is 4.87. The van der Waals surface area contributed by atoms with Crippen molar-refractivity contribution in [3.63, 3.8) is 0 Å². The van der Waals surface area contributed by atoms with Gasteiger partial charge in [0.15, 0.2) is 6.61 Å². The number of ether oxygens (including phenoxy) is 1. The smallest absolute Gasteiger partial charge is 0.338 e. The molecule has 0 saturated heterocycles. The first kappa shape index (κ1) is 19.5. The summed E-state index contributed by atoms with van der Waals surface area (Å²) >= 11 is 11.7. The molecule has 0 atom stereocenters. The summed E-state index contributed by atoms with van der Waals surface area (Å²) in [6, 6.07) is 8.30. The monoisotopic (exact) mass is 397 g/mol. The van der Waals surface area contributed by atoms with Crippen LogP contribution in [0.2, 0.25) is 10.0 Å². The molecule has 1 amide bonds. The van der Waals surface area contributed by atoms with Crippen LogP contribution in [0.4, 0.5) is 17.1 Å². The van der Waals surface area contributed by atoms with E-state index in [0.29, 0.717) is 10.7 Å². The van der Waals surface area contributed by atoms with Crippen molar-refractivity contribution in [1.29, 1.82) is 0 Å². The van der Waals surface area contributed by atoms with E-state index in [1.54, 1.807) is 0 Å². The number of amides is 1. The Hall–Kier alpha value is -2.84. The van der Waals surface area contributed by atoms with Crippen molar-refractivity contribution in [2.24, 2.45) is 0 Å². The molecule has 26 heavy (non-hydrogen) atoms. The molecule has 0 fully saturated rings. The number of nitro groups is 1. The Balaban J connectivity index is 2.00. The molecule has 10 heteroatoms. The Labute approximate surface area is 158 Å². The minimum absolute atomic E-state index is 0.0481. The van der Waals surface area contributed by atoms with Gasteiger partial charge in [0.25, 0.3) is 11.6 Å². The average Bonchev–Trinajstić information content (AvgIpc) is 2.61. The van der Waals surface area contributed by atoms with Gasteiger partial charge in [-0.05, 0) is 30.3 Å². The molecule has 0 aliphatic carbocycles. The number of hydrogen-bond donors (Lipinski definition) is 2. The van der Waals surface area contributed by atoms with Crippen LogP contribution in [-0.4, -0.2) is 30.5 Å². The van der Waals surface area contributed by atoms with Crippen LogP contribution >= 0.6 is 23.2 Å². The van der Waals surface area contributed by atoms with Gasteiger partial charge >= 0.3 is 5.97 Å². The molecule has 8 nitrogen and oxygen atoms in total. The van der Waals surface area contributed by atoms with Crippen LogP contribution in [0.1, 0.15) is 10.4 Å². The number of nitrogens with one attached hydrogen (secondary N) is 2. The third-order valence-corrected chi connectivity index (χ3v) is 3.79. The van der Waals surface area contributed by atoms with Gasteiger partial charge in [0.1, 0.15) is 5.69 Å². The van der Waals surface area contributed by atoms with Crippen LogP contribution in [0, 0.1) is 10.1 Å². The van der Waals surface area contributed by atoms with Crippen molar-refractivity contribution in [1.82, 2.24) is 0 Å². The number of benzene rings is 2. The second kappa shape index (κ2) is 8.50. The van der Waals surface area contributed by atoms with Gasteiger partial charge in [-0.15, -0.1) is 0 Å². The van der Waals surface area contributed by atoms with Gasteiger partial charge < -0.3 is 15.4 Å². The number of anilines is 2. The van der Waals surface area contributed by atoms with E-state index in [0.717, 1.165) is 6.07 Å². The van der Waals surface area contributed by atoms with Crippen LogP contribution in [0.25, 0.3) is 0 Å². The van der Waals surface area contributed by atoms with E-state index < -0.39 is 23.4 Å². The third kappa shape index (κ3) is 4.84. The van der Waals surface area contributed by atoms with E-state index in [9.17, 15) is 19.7 Å². The fourth-order valence-electron chi connectivity index (χ4n) is 2.01. The number of nitro benzene ring substituents is 1. The summed E-state index contributed by atoms with van der Waals surface area (Å²) in [5.74, 6) is -1.49. The summed E-state index contributed by atoms with van der Waals surface area (Å²) in [6.45, 7) is -0.584. The molecule has 136 valence electrons. The van der Waals surface area contributed by atoms with E-state index in [2.05, 4.69) is 10.6 Å². The second-order valence-corrected chi connectivity index (χ2v) is 5.83. The van der Waals surface area contributed by atoms with Gasteiger partial charge in [-0.3, -0.25) is 14.9 Å². The molecular formula is C16H13Cl2N3O5. The molecule has 0 saturated carbocycles. The van der Waals surface area contributed by atoms with E-state index in [1.165, 1.54) is 37.4 Å². The van der Waals surface area contributed by atoms with Crippen molar-refractivity contribution in [2.45, 2.75) is 0 Å². The molecule has 0 heterocycles. The number of esters is 1. The number of halogens is 2. The first-order valence-electron chi connectivity index (χ1n) is 7.20. The molecule has 0 aliphatic heterocycles. The lowest BCUT2D eigenvalue weighted by Gasteiger charge is -2.09. The highest BCUT2D eigenvalue weighted by Crippen LogP contribution is 2.26. The maximum absolute atomic E-state index is 12.0. The molecule has 0 bridgehead atoms. The van der Waals surface area contributed by atoms with Gasteiger partial charge in [-0.25, -0.2) is 4.79 Å². The molecule has 0 unspecified atom stereocenters. The quantitative estimate of drug-likeness (QED) is 0.436. The fraction of sp³-hybridized carbons (Fsp3) is 0.125. The average molecular weight is 398 g/mol. The van der Waals surface area contributed by atoms with E-state index >= 15 is 0 Å². The maximum Gasteiger partial charge on any atom is 0.338 e. The minimum Gasteiger partial charge on any atom is -0.452 e. The van der Waals surface area contributed by atoms with E-state index in [-0.39, 0.29) is 22.0 Å². The van der Waals surface area contributed by atoms with Crippen molar-refractivity contribution >= 4 is 52.1 Å². The summed E-state index contributed by atoms with van der Waals surface area (Å²) in [5.41, 5.74) is 0.236. The normalized spacial score (nSPS) is 10.1. The standard InChI is InChI=1S/C16H13Cl2N3O5/c1-19-13-4-2-9(6-14(13)21(24)25)16(23)26-8-15(22)20-12-5-3-10(17)7-11(12)18/h2-7,19H,8H2,1H3,(H,20,22). The molecule has 2 aromatic rings. The zero-order valence-corrected chi connectivity index (χ0v) is 14.9. The van der Waals surface area contributed by atoms with E-state index in [4.69, 9.17) is 27.9 Å². The van der Waals surface area contributed by atoms with Gasteiger partial charge in [0.05, 0.1) is 21.2 Å². The summed E-state index contributed by atoms with van der Waals surface area (Å²) in [4.78, 5) is 34.2. The van der Waals surface area contributed by atoms with Crippen molar-refractivity contribution in [2.75, 3.05) is 24.3 Å². The van der Waals surface area contributed by atoms with E-state index in [1.807, 2.05) is 0 Å². The number of rotatable bonds is 6. The highest BCUT2D eigenvalue weighted by molar-refractivity contribution is 6.36. The largest absolute Gasteiger partial charge is 0.452 e. The lowest BCUT2D eigenvalue weighted by atomic mass is 10.1. The SMILES string of the molecule is CNc1ccc(C(=O)OCC(=O)Nc2ccc(Cl)cc2Cl)cc1[N+](=O)[O-]. The number of nitrogens with zero attached hydrogens (tertiary/aromatic N) is 1. The Morgan fingerprint density at radius 1 is 1.15 bits per heavy atom. The van der Waals surface area contributed by atoms with Crippen LogP contribution in [-0.2, 0) is 9.53 Å². The van der Waals surface area contributed by atoms with Crippen molar-refractivity contribution in [3.8, 4) is 0 Å². The minimum atomic E-state index is -0.867. The number of carbonyl (C=O) groups excluding carboxylic acids is 2. The second-order valence-electron chi connectivity index (χ2n) is 4.99. The highest BCUT2D eigenvalue weighted by Gasteiger charge is 2.18. The topological polar surface area (TPSA) is 111 Å². The van der Waals surface area contributed by atoms with Crippen LogP contribution < -0.4 is 10.6 Å².